The van der Waals surface area contributed by atoms with Gasteiger partial charge in [0.2, 0.25) is 0 Å². The fourth-order valence-electron chi connectivity index (χ4n) is 2.89. The number of nitriles is 1. The molecule has 0 saturated heterocycles. The summed E-state index contributed by atoms with van der Waals surface area (Å²) < 4.78 is 13.3. The largest absolute Gasteiger partial charge is 0.493 e. The second kappa shape index (κ2) is 11.7. The standard InChI is InChI=1S/C25H20BrIN2O3/c1-31-23-13-19(11-20(14-28)25(30)29-15-17-5-3-2-4-6-17)12-22(26)24(23)32-16-18-7-9-21(27)10-8-18/h2-13H,15-16H2,1H3,(H,29,30)/b20-11-. The molecule has 0 fully saturated rings. The number of nitrogens with zero attached hydrogens (tertiary/aromatic N) is 1. The maximum Gasteiger partial charge on any atom is 0.262 e. The zero-order valence-corrected chi connectivity index (χ0v) is 21.0. The monoisotopic (exact) mass is 602 g/mol. The molecule has 162 valence electrons. The van der Waals surface area contributed by atoms with Gasteiger partial charge in [0.1, 0.15) is 18.2 Å². The number of carbonyl (C=O) groups is 1. The Morgan fingerprint density at radius 1 is 1.12 bits per heavy atom. The molecule has 0 aliphatic heterocycles. The molecular weight excluding hydrogens is 583 g/mol. The number of benzene rings is 3. The van der Waals surface area contributed by atoms with Crippen LogP contribution in [-0.2, 0) is 17.9 Å². The van der Waals surface area contributed by atoms with Gasteiger partial charge in [0.05, 0.1) is 11.6 Å². The van der Waals surface area contributed by atoms with Gasteiger partial charge in [-0.1, -0.05) is 42.5 Å². The van der Waals surface area contributed by atoms with E-state index in [1.807, 2.05) is 60.7 Å². The van der Waals surface area contributed by atoms with Crippen molar-refractivity contribution in [3.05, 3.63) is 97.0 Å². The molecule has 0 aliphatic rings. The van der Waals surface area contributed by atoms with Gasteiger partial charge in [0.15, 0.2) is 11.5 Å². The lowest BCUT2D eigenvalue weighted by Crippen LogP contribution is -2.23. The molecule has 0 radical (unpaired) electrons. The Kier molecular flexibility index (Phi) is 8.71. The number of nitrogens with one attached hydrogen (secondary N) is 1. The molecule has 5 nitrogen and oxygen atoms in total. The number of halogens is 2. The Morgan fingerprint density at radius 2 is 1.84 bits per heavy atom. The average Bonchev–Trinajstić information content (AvgIpc) is 2.81. The SMILES string of the molecule is COc1cc(/C=C(/C#N)C(=O)NCc2ccccc2)cc(Br)c1OCc1ccc(I)cc1. The van der Waals surface area contributed by atoms with Crippen molar-refractivity contribution in [3.63, 3.8) is 0 Å². The summed E-state index contributed by atoms with van der Waals surface area (Å²) in [6, 6.07) is 23.1. The van der Waals surface area contributed by atoms with Gasteiger partial charge in [0, 0.05) is 10.1 Å². The van der Waals surface area contributed by atoms with Crippen molar-refractivity contribution in [2.24, 2.45) is 0 Å². The van der Waals surface area contributed by atoms with Crippen LogP contribution in [0, 0.1) is 14.9 Å². The van der Waals surface area contributed by atoms with Gasteiger partial charge < -0.3 is 14.8 Å². The highest BCUT2D eigenvalue weighted by atomic mass is 127. The molecule has 32 heavy (non-hydrogen) atoms. The number of carbonyl (C=O) groups excluding carboxylic acids is 1. The van der Waals surface area contributed by atoms with Crippen molar-refractivity contribution in [2.45, 2.75) is 13.2 Å². The summed E-state index contributed by atoms with van der Waals surface area (Å²) in [6.07, 6.45) is 1.52. The third-order valence-electron chi connectivity index (χ3n) is 4.52. The van der Waals surface area contributed by atoms with E-state index >= 15 is 0 Å². The second-order valence-corrected chi connectivity index (χ2v) is 8.89. The van der Waals surface area contributed by atoms with E-state index < -0.39 is 5.91 Å². The van der Waals surface area contributed by atoms with Crippen LogP contribution in [0.5, 0.6) is 11.5 Å². The topological polar surface area (TPSA) is 71.3 Å². The van der Waals surface area contributed by atoms with Gasteiger partial charge in [-0.2, -0.15) is 5.26 Å². The molecule has 0 saturated carbocycles. The van der Waals surface area contributed by atoms with E-state index in [4.69, 9.17) is 9.47 Å². The predicted molar refractivity (Wildman–Crippen MR) is 136 cm³/mol. The first-order valence-electron chi connectivity index (χ1n) is 9.69. The zero-order valence-electron chi connectivity index (χ0n) is 17.3. The van der Waals surface area contributed by atoms with Crippen LogP contribution in [0.25, 0.3) is 6.08 Å². The van der Waals surface area contributed by atoms with Crippen molar-refractivity contribution in [3.8, 4) is 17.6 Å². The first-order valence-corrected chi connectivity index (χ1v) is 11.6. The van der Waals surface area contributed by atoms with E-state index in [0.29, 0.717) is 34.7 Å². The lowest BCUT2D eigenvalue weighted by molar-refractivity contribution is -0.117. The number of ether oxygens (including phenoxy) is 2. The number of rotatable bonds is 8. The van der Waals surface area contributed by atoms with Crippen LogP contribution in [0.4, 0.5) is 0 Å². The van der Waals surface area contributed by atoms with Crippen LogP contribution >= 0.6 is 38.5 Å². The van der Waals surface area contributed by atoms with Crippen molar-refractivity contribution < 1.29 is 14.3 Å². The third-order valence-corrected chi connectivity index (χ3v) is 5.83. The summed E-state index contributed by atoms with van der Waals surface area (Å²) in [5.41, 5.74) is 2.63. The maximum atomic E-state index is 12.5. The molecule has 0 aliphatic carbocycles. The Balaban J connectivity index is 1.75. The molecule has 1 amide bonds. The Bertz CT molecular complexity index is 1160. The molecule has 0 unspecified atom stereocenters. The smallest absolute Gasteiger partial charge is 0.262 e. The number of hydrogen-bond acceptors (Lipinski definition) is 4. The molecule has 0 atom stereocenters. The summed E-state index contributed by atoms with van der Waals surface area (Å²) in [5.74, 6) is 0.610. The van der Waals surface area contributed by atoms with E-state index in [9.17, 15) is 10.1 Å². The Morgan fingerprint density at radius 3 is 2.50 bits per heavy atom. The van der Waals surface area contributed by atoms with Crippen molar-refractivity contribution >= 4 is 50.5 Å². The van der Waals surface area contributed by atoms with Gasteiger partial charge in [-0.25, -0.2) is 0 Å². The molecule has 0 bridgehead atoms. The lowest BCUT2D eigenvalue weighted by Gasteiger charge is -2.14. The third kappa shape index (κ3) is 6.58. The van der Waals surface area contributed by atoms with Crippen LogP contribution in [0.15, 0.2) is 76.8 Å². The predicted octanol–water partition coefficient (Wildman–Crippen LogP) is 5.86. The van der Waals surface area contributed by atoms with E-state index in [1.165, 1.54) is 6.08 Å². The number of amides is 1. The zero-order chi connectivity index (χ0) is 22.9. The van der Waals surface area contributed by atoms with E-state index in [0.717, 1.165) is 14.7 Å². The van der Waals surface area contributed by atoms with Crippen molar-refractivity contribution in [1.29, 1.82) is 5.26 Å². The van der Waals surface area contributed by atoms with Crippen LogP contribution in [-0.4, -0.2) is 13.0 Å². The van der Waals surface area contributed by atoms with Crippen LogP contribution in [0.2, 0.25) is 0 Å². The average molecular weight is 603 g/mol. The molecule has 3 rings (SSSR count). The van der Waals surface area contributed by atoms with Gasteiger partial charge >= 0.3 is 0 Å². The quantitative estimate of drug-likeness (QED) is 0.199. The number of hydrogen-bond donors (Lipinski definition) is 1. The van der Waals surface area contributed by atoms with Gasteiger partial charge in [-0.05, 0) is 85.6 Å². The van der Waals surface area contributed by atoms with Gasteiger partial charge in [0.25, 0.3) is 5.91 Å². The first kappa shape index (κ1) is 23.8. The molecule has 3 aromatic rings. The molecule has 0 aromatic heterocycles. The molecular formula is C25H20BrIN2O3. The molecule has 3 aromatic carbocycles. The Labute approximate surface area is 209 Å². The minimum Gasteiger partial charge on any atom is -0.493 e. The van der Waals surface area contributed by atoms with E-state index in [-0.39, 0.29) is 5.57 Å². The molecule has 0 heterocycles. The summed E-state index contributed by atoms with van der Waals surface area (Å²) >= 11 is 5.77. The van der Waals surface area contributed by atoms with Crippen LogP contribution in [0.3, 0.4) is 0 Å². The summed E-state index contributed by atoms with van der Waals surface area (Å²) in [4.78, 5) is 12.5. The van der Waals surface area contributed by atoms with Crippen LogP contribution in [0.1, 0.15) is 16.7 Å². The highest BCUT2D eigenvalue weighted by Crippen LogP contribution is 2.37. The molecule has 7 heteroatoms. The van der Waals surface area contributed by atoms with Crippen LogP contribution < -0.4 is 14.8 Å². The summed E-state index contributed by atoms with van der Waals surface area (Å²) in [5, 5.41) is 12.3. The van der Waals surface area contributed by atoms with E-state index in [2.05, 4.69) is 43.8 Å². The number of methoxy groups -OCH3 is 1. The van der Waals surface area contributed by atoms with E-state index in [1.54, 1.807) is 19.2 Å². The fourth-order valence-corrected chi connectivity index (χ4v) is 3.82. The highest BCUT2D eigenvalue weighted by Gasteiger charge is 2.14. The molecule has 0 spiro atoms. The normalized spacial score (nSPS) is 10.9. The maximum absolute atomic E-state index is 12.5. The second-order valence-electron chi connectivity index (χ2n) is 6.79. The summed E-state index contributed by atoms with van der Waals surface area (Å²) in [6.45, 7) is 0.726. The Hall–Kier alpha value is -2.83. The van der Waals surface area contributed by atoms with Crippen molar-refractivity contribution in [1.82, 2.24) is 5.32 Å². The first-order chi connectivity index (χ1) is 15.5. The highest BCUT2D eigenvalue weighted by molar-refractivity contribution is 14.1. The summed E-state index contributed by atoms with van der Waals surface area (Å²) in [7, 11) is 1.55. The van der Waals surface area contributed by atoms with Crippen molar-refractivity contribution in [2.75, 3.05) is 7.11 Å². The molecule has 1 N–H and O–H groups in total. The lowest BCUT2D eigenvalue weighted by atomic mass is 10.1. The van der Waals surface area contributed by atoms with Gasteiger partial charge in [-0.3, -0.25) is 4.79 Å². The fraction of sp³-hybridized carbons (Fsp3) is 0.120. The van der Waals surface area contributed by atoms with Gasteiger partial charge in [-0.15, -0.1) is 0 Å². The minimum atomic E-state index is -0.439. The minimum absolute atomic E-state index is 0.00226.